The zero-order valence-electron chi connectivity index (χ0n) is 9.36. The highest BCUT2D eigenvalue weighted by Gasteiger charge is 2.63. The van der Waals surface area contributed by atoms with Gasteiger partial charge in [0, 0.05) is 18.8 Å². The lowest BCUT2D eigenvalue weighted by molar-refractivity contribution is -0.354. The van der Waals surface area contributed by atoms with Gasteiger partial charge in [0.25, 0.3) is 5.79 Å². The molecule has 17 heavy (non-hydrogen) atoms. The largest absolute Gasteiger partial charge is 0.381 e. The molecule has 2 aliphatic rings. The van der Waals surface area contributed by atoms with E-state index in [-0.39, 0.29) is 12.5 Å². The second kappa shape index (κ2) is 4.28. The van der Waals surface area contributed by atoms with Crippen molar-refractivity contribution in [2.45, 2.75) is 30.7 Å². The Morgan fingerprint density at radius 1 is 1.24 bits per heavy atom. The smallest absolute Gasteiger partial charge is 0.326 e. The number of hydrogen-bond acceptors (Lipinski definition) is 4. The van der Waals surface area contributed by atoms with Crippen molar-refractivity contribution in [3.05, 3.63) is 12.2 Å². The molecule has 4 nitrogen and oxygen atoms in total. The van der Waals surface area contributed by atoms with E-state index in [1.165, 1.54) is 0 Å². The third-order valence-corrected chi connectivity index (χ3v) is 3.43. The van der Waals surface area contributed by atoms with Crippen LogP contribution in [0.2, 0.25) is 0 Å². The van der Waals surface area contributed by atoms with E-state index in [9.17, 15) is 19.0 Å². The Bertz CT molecular complexity index is 311. The first-order valence-corrected chi connectivity index (χ1v) is 5.57. The molecule has 0 aromatic heterocycles. The van der Waals surface area contributed by atoms with Crippen LogP contribution >= 0.6 is 0 Å². The summed E-state index contributed by atoms with van der Waals surface area (Å²) in [4.78, 5) is 0. The van der Waals surface area contributed by atoms with Crippen molar-refractivity contribution in [2.75, 3.05) is 19.8 Å². The Balaban J connectivity index is 2.20. The summed E-state index contributed by atoms with van der Waals surface area (Å²) in [5, 5.41) is 19.3. The molecule has 0 amide bonds. The molecule has 2 rings (SSSR count). The summed E-state index contributed by atoms with van der Waals surface area (Å²) in [5.74, 6) is -7.27. The minimum absolute atomic E-state index is 0.335. The van der Waals surface area contributed by atoms with Crippen LogP contribution in [0.15, 0.2) is 12.2 Å². The average Bonchev–Trinajstić information content (AvgIpc) is 2.28. The van der Waals surface area contributed by atoms with Crippen LogP contribution in [0.5, 0.6) is 0 Å². The van der Waals surface area contributed by atoms with E-state index in [0.717, 1.165) is 0 Å². The van der Waals surface area contributed by atoms with E-state index in [0.29, 0.717) is 26.1 Å². The SMILES string of the molecule is C=C1CO[C@H](C2CCOCC2)C(O)(O)C1(F)F. The third kappa shape index (κ3) is 1.99. The highest BCUT2D eigenvalue weighted by molar-refractivity contribution is 5.19. The maximum absolute atomic E-state index is 13.7. The predicted octanol–water partition coefficient (Wildman–Crippen LogP) is 0.684. The molecule has 0 spiro atoms. The molecular weight excluding hydrogens is 234 g/mol. The molecule has 0 aromatic rings. The lowest BCUT2D eigenvalue weighted by Gasteiger charge is -2.45. The van der Waals surface area contributed by atoms with Gasteiger partial charge in [-0.05, 0) is 18.8 Å². The summed E-state index contributed by atoms with van der Waals surface area (Å²) in [6.07, 6.45) is -0.335. The standard InChI is InChI=1S/C11H16F2O4/c1-7-6-17-9(8-2-4-16-5-3-8)11(14,15)10(7,12)13/h8-9,14-15H,1-6H2/t9-/m1/s1. The molecule has 2 saturated heterocycles. The van der Waals surface area contributed by atoms with Crippen molar-refractivity contribution >= 4 is 0 Å². The molecule has 1 atom stereocenters. The second-order valence-electron chi connectivity index (χ2n) is 4.59. The molecule has 0 bridgehead atoms. The van der Waals surface area contributed by atoms with Crippen LogP contribution < -0.4 is 0 Å². The van der Waals surface area contributed by atoms with Crippen molar-refractivity contribution in [3.63, 3.8) is 0 Å². The molecule has 2 aliphatic heterocycles. The first kappa shape index (κ1) is 12.9. The average molecular weight is 250 g/mol. The summed E-state index contributed by atoms with van der Waals surface area (Å²) >= 11 is 0. The molecule has 2 N–H and O–H groups in total. The Morgan fingerprint density at radius 3 is 2.41 bits per heavy atom. The fourth-order valence-corrected chi connectivity index (χ4v) is 2.32. The molecule has 0 saturated carbocycles. The van der Waals surface area contributed by atoms with Gasteiger partial charge in [0.05, 0.1) is 6.61 Å². The van der Waals surface area contributed by atoms with Gasteiger partial charge < -0.3 is 19.7 Å². The Hall–Kier alpha value is -0.560. The van der Waals surface area contributed by atoms with Gasteiger partial charge in [-0.2, -0.15) is 8.78 Å². The number of alkyl halides is 2. The number of halogens is 2. The molecule has 0 aromatic carbocycles. The van der Waals surface area contributed by atoms with Gasteiger partial charge in [0.1, 0.15) is 6.10 Å². The molecule has 6 heteroatoms. The molecule has 2 fully saturated rings. The molecule has 98 valence electrons. The first-order valence-electron chi connectivity index (χ1n) is 5.57. The summed E-state index contributed by atoms with van der Waals surface area (Å²) in [7, 11) is 0. The second-order valence-corrected chi connectivity index (χ2v) is 4.59. The van der Waals surface area contributed by atoms with Crippen LogP contribution in [-0.4, -0.2) is 47.8 Å². The van der Waals surface area contributed by atoms with Crippen molar-refractivity contribution in [2.24, 2.45) is 5.92 Å². The van der Waals surface area contributed by atoms with Crippen molar-refractivity contribution < 1.29 is 28.5 Å². The van der Waals surface area contributed by atoms with E-state index >= 15 is 0 Å². The minimum Gasteiger partial charge on any atom is -0.381 e. The van der Waals surface area contributed by atoms with Gasteiger partial charge in [-0.1, -0.05) is 6.58 Å². The molecule has 0 radical (unpaired) electrons. The Labute approximate surface area is 97.8 Å². The fourth-order valence-electron chi connectivity index (χ4n) is 2.32. The van der Waals surface area contributed by atoms with Gasteiger partial charge in [-0.25, -0.2) is 0 Å². The highest BCUT2D eigenvalue weighted by Crippen LogP contribution is 2.44. The van der Waals surface area contributed by atoms with Crippen molar-refractivity contribution in [1.82, 2.24) is 0 Å². The normalized spacial score (nSPS) is 33.6. The lowest BCUT2D eigenvalue weighted by Crippen LogP contribution is -2.64. The number of aliphatic hydroxyl groups is 2. The Kier molecular flexibility index (Phi) is 3.24. The van der Waals surface area contributed by atoms with E-state index in [2.05, 4.69) is 6.58 Å². The summed E-state index contributed by atoms with van der Waals surface area (Å²) < 4.78 is 37.6. The lowest BCUT2D eigenvalue weighted by atomic mass is 9.82. The van der Waals surface area contributed by atoms with Crippen LogP contribution in [0.4, 0.5) is 8.78 Å². The quantitative estimate of drug-likeness (QED) is 0.531. The van der Waals surface area contributed by atoms with Gasteiger partial charge in [-0.15, -0.1) is 0 Å². The van der Waals surface area contributed by atoms with Crippen LogP contribution in [0.25, 0.3) is 0 Å². The molecule has 2 heterocycles. The minimum atomic E-state index is -3.74. The van der Waals surface area contributed by atoms with E-state index in [1.807, 2.05) is 0 Å². The topological polar surface area (TPSA) is 58.9 Å². The van der Waals surface area contributed by atoms with Gasteiger partial charge in [0.15, 0.2) is 0 Å². The molecule has 0 aliphatic carbocycles. The van der Waals surface area contributed by atoms with Crippen LogP contribution in [0.3, 0.4) is 0 Å². The van der Waals surface area contributed by atoms with Crippen LogP contribution in [0, 0.1) is 5.92 Å². The van der Waals surface area contributed by atoms with Crippen molar-refractivity contribution in [1.29, 1.82) is 0 Å². The predicted molar refractivity (Wildman–Crippen MR) is 54.5 cm³/mol. The zero-order chi connectivity index (χ0) is 12.7. The highest BCUT2D eigenvalue weighted by atomic mass is 19.3. The maximum atomic E-state index is 13.7. The number of rotatable bonds is 1. The van der Waals surface area contributed by atoms with E-state index in [4.69, 9.17) is 9.47 Å². The van der Waals surface area contributed by atoms with Gasteiger partial charge in [0.2, 0.25) is 0 Å². The zero-order valence-corrected chi connectivity index (χ0v) is 9.36. The summed E-state index contributed by atoms with van der Waals surface area (Å²) in [6, 6.07) is 0. The van der Waals surface area contributed by atoms with Crippen LogP contribution in [0.1, 0.15) is 12.8 Å². The number of ether oxygens (including phenoxy) is 2. The molecular formula is C11H16F2O4. The van der Waals surface area contributed by atoms with E-state index < -0.39 is 23.4 Å². The summed E-state index contributed by atoms with van der Waals surface area (Å²) in [5.41, 5.74) is -0.606. The molecule has 0 unspecified atom stereocenters. The van der Waals surface area contributed by atoms with Gasteiger partial charge >= 0.3 is 5.92 Å². The first-order chi connectivity index (χ1) is 7.87. The summed E-state index contributed by atoms with van der Waals surface area (Å²) in [6.45, 7) is 3.62. The fraction of sp³-hybridized carbons (Fsp3) is 0.818. The van der Waals surface area contributed by atoms with E-state index in [1.54, 1.807) is 0 Å². The maximum Gasteiger partial charge on any atom is 0.326 e. The third-order valence-electron chi connectivity index (χ3n) is 3.43. The van der Waals surface area contributed by atoms with Gasteiger partial charge in [-0.3, -0.25) is 0 Å². The Morgan fingerprint density at radius 2 is 1.82 bits per heavy atom. The monoisotopic (exact) mass is 250 g/mol. The van der Waals surface area contributed by atoms with Crippen LogP contribution in [-0.2, 0) is 9.47 Å². The van der Waals surface area contributed by atoms with Crippen molar-refractivity contribution in [3.8, 4) is 0 Å². The number of hydrogen-bond donors (Lipinski definition) is 2.